The van der Waals surface area contributed by atoms with Crippen LogP contribution in [0.3, 0.4) is 0 Å². The molecule has 0 aliphatic heterocycles. The second-order valence-corrected chi connectivity index (χ2v) is 3.70. The minimum Gasteiger partial charge on any atom is -0.253 e. The Labute approximate surface area is 77.4 Å². The Hall–Kier alpha value is -1.37. The molecular formula is C12H11N. The molecule has 2 aromatic rings. The summed E-state index contributed by atoms with van der Waals surface area (Å²) in [6.45, 7) is 0. The molecule has 1 heteroatoms. The molecule has 1 saturated carbocycles. The second-order valence-electron chi connectivity index (χ2n) is 3.70. The first-order chi connectivity index (χ1) is 6.43. The molecule has 3 rings (SSSR count). The van der Waals surface area contributed by atoms with Crippen molar-refractivity contribution >= 4 is 10.9 Å². The summed E-state index contributed by atoms with van der Waals surface area (Å²) >= 11 is 0. The van der Waals surface area contributed by atoms with E-state index < -0.39 is 0 Å². The van der Waals surface area contributed by atoms with Crippen LogP contribution in [0.15, 0.2) is 36.4 Å². The van der Waals surface area contributed by atoms with Crippen LogP contribution in [0.5, 0.6) is 0 Å². The van der Waals surface area contributed by atoms with Crippen LogP contribution in [0, 0.1) is 0 Å². The van der Waals surface area contributed by atoms with E-state index in [1.54, 1.807) is 0 Å². The molecule has 13 heavy (non-hydrogen) atoms. The van der Waals surface area contributed by atoms with Gasteiger partial charge in [0.05, 0.1) is 5.52 Å². The van der Waals surface area contributed by atoms with Gasteiger partial charge in [0, 0.05) is 17.0 Å². The van der Waals surface area contributed by atoms with Gasteiger partial charge in [-0.2, -0.15) is 0 Å². The van der Waals surface area contributed by atoms with E-state index in [4.69, 9.17) is 0 Å². The number of hydrogen-bond acceptors (Lipinski definition) is 1. The Kier molecular flexibility index (Phi) is 1.39. The van der Waals surface area contributed by atoms with Crippen molar-refractivity contribution in [3.63, 3.8) is 0 Å². The summed E-state index contributed by atoms with van der Waals surface area (Å²) in [5.74, 6) is 0.754. The maximum atomic E-state index is 4.64. The van der Waals surface area contributed by atoms with Gasteiger partial charge in [0.1, 0.15) is 0 Å². The average Bonchev–Trinajstić information content (AvgIpc) is 3.00. The average molecular weight is 169 g/mol. The summed E-state index contributed by atoms with van der Waals surface area (Å²) in [7, 11) is 0. The zero-order chi connectivity index (χ0) is 8.67. The zero-order valence-electron chi connectivity index (χ0n) is 7.40. The molecule has 1 heterocycles. The third kappa shape index (κ3) is 1.21. The first-order valence-corrected chi connectivity index (χ1v) is 4.79. The van der Waals surface area contributed by atoms with E-state index in [2.05, 4.69) is 35.3 Å². The number of hydrogen-bond donors (Lipinski definition) is 0. The quantitative estimate of drug-likeness (QED) is 0.639. The molecule has 1 fully saturated rings. The summed E-state index contributed by atoms with van der Waals surface area (Å²) < 4.78 is 0. The van der Waals surface area contributed by atoms with E-state index in [0.29, 0.717) is 0 Å². The van der Waals surface area contributed by atoms with Crippen molar-refractivity contribution in [1.29, 1.82) is 0 Å². The fourth-order valence-corrected chi connectivity index (χ4v) is 1.69. The summed E-state index contributed by atoms with van der Waals surface area (Å²) in [6, 6.07) is 12.6. The highest BCUT2D eigenvalue weighted by Crippen LogP contribution is 2.39. The Morgan fingerprint density at radius 2 is 1.85 bits per heavy atom. The van der Waals surface area contributed by atoms with Gasteiger partial charge in [-0.1, -0.05) is 24.3 Å². The Balaban J connectivity index is 2.21. The molecule has 0 unspecified atom stereocenters. The minimum atomic E-state index is 0.754. The normalized spacial score (nSPS) is 16.3. The van der Waals surface area contributed by atoms with Gasteiger partial charge in [-0.25, -0.2) is 0 Å². The first-order valence-electron chi connectivity index (χ1n) is 4.79. The SMILES string of the molecule is c1ccc2nc(C3CC3)ccc2c1. The lowest BCUT2D eigenvalue weighted by Crippen LogP contribution is -1.86. The van der Waals surface area contributed by atoms with Gasteiger partial charge in [-0.15, -0.1) is 0 Å². The van der Waals surface area contributed by atoms with E-state index >= 15 is 0 Å². The number of benzene rings is 1. The van der Waals surface area contributed by atoms with Gasteiger partial charge >= 0.3 is 0 Å². The molecular weight excluding hydrogens is 158 g/mol. The highest BCUT2D eigenvalue weighted by molar-refractivity contribution is 5.78. The molecule has 0 N–H and O–H groups in total. The Bertz CT molecular complexity index is 444. The lowest BCUT2D eigenvalue weighted by atomic mass is 10.2. The van der Waals surface area contributed by atoms with Crippen molar-refractivity contribution in [2.24, 2.45) is 0 Å². The number of aromatic nitrogens is 1. The van der Waals surface area contributed by atoms with Crippen LogP contribution in [0.2, 0.25) is 0 Å². The van der Waals surface area contributed by atoms with Crippen molar-refractivity contribution in [3.05, 3.63) is 42.1 Å². The summed E-state index contributed by atoms with van der Waals surface area (Å²) in [6.07, 6.45) is 2.65. The maximum absolute atomic E-state index is 4.64. The Morgan fingerprint density at radius 3 is 2.69 bits per heavy atom. The van der Waals surface area contributed by atoms with Crippen LogP contribution in [-0.4, -0.2) is 4.98 Å². The van der Waals surface area contributed by atoms with Gasteiger partial charge in [-0.05, 0) is 25.0 Å². The molecule has 0 amide bonds. The molecule has 1 aromatic carbocycles. The molecule has 0 bridgehead atoms. The summed E-state index contributed by atoms with van der Waals surface area (Å²) in [5.41, 5.74) is 2.41. The lowest BCUT2D eigenvalue weighted by Gasteiger charge is -1.99. The molecule has 0 radical (unpaired) electrons. The third-order valence-corrected chi connectivity index (χ3v) is 2.62. The van der Waals surface area contributed by atoms with Crippen molar-refractivity contribution in [2.75, 3.05) is 0 Å². The van der Waals surface area contributed by atoms with Crippen LogP contribution in [0.4, 0.5) is 0 Å². The maximum Gasteiger partial charge on any atom is 0.0705 e. The number of pyridine rings is 1. The lowest BCUT2D eigenvalue weighted by molar-refractivity contribution is 1.04. The smallest absolute Gasteiger partial charge is 0.0705 e. The molecule has 1 aliphatic rings. The van der Waals surface area contributed by atoms with E-state index in [1.807, 2.05) is 6.07 Å². The topological polar surface area (TPSA) is 12.9 Å². The van der Waals surface area contributed by atoms with E-state index in [1.165, 1.54) is 23.9 Å². The molecule has 1 aromatic heterocycles. The molecule has 64 valence electrons. The molecule has 0 atom stereocenters. The minimum absolute atomic E-state index is 0.754. The highest BCUT2D eigenvalue weighted by atomic mass is 14.7. The van der Waals surface area contributed by atoms with Crippen LogP contribution >= 0.6 is 0 Å². The standard InChI is InChI=1S/C12H11N/c1-2-4-11-9(3-1)7-8-12(13-11)10-5-6-10/h1-4,7-8,10H,5-6H2. The fourth-order valence-electron chi connectivity index (χ4n) is 1.69. The van der Waals surface area contributed by atoms with Crippen molar-refractivity contribution < 1.29 is 0 Å². The largest absolute Gasteiger partial charge is 0.253 e. The van der Waals surface area contributed by atoms with Crippen molar-refractivity contribution in [1.82, 2.24) is 4.98 Å². The molecule has 0 saturated heterocycles. The van der Waals surface area contributed by atoms with Crippen LogP contribution in [0.1, 0.15) is 24.5 Å². The number of nitrogens with zero attached hydrogens (tertiary/aromatic N) is 1. The predicted octanol–water partition coefficient (Wildman–Crippen LogP) is 3.11. The van der Waals surface area contributed by atoms with E-state index in [-0.39, 0.29) is 0 Å². The van der Waals surface area contributed by atoms with Crippen molar-refractivity contribution in [3.8, 4) is 0 Å². The predicted molar refractivity (Wildman–Crippen MR) is 53.7 cm³/mol. The van der Waals surface area contributed by atoms with Gasteiger partial charge in [0.15, 0.2) is 0 Å². The number of fused-ring (bicyclic) bond motifs is 1. The monoisotopic (exact) mass is 169 g/mol. The first kappa shape index (κ1) is 7.07. The van der Waals surface area contributed by atoms with Gasteiger partial charge < -0.3 is 0 Å². The number of para-hydroxylation sites is 1. The fraction of sp³-hybridized carbons (Fsp3) is 0.250. The summed E-state index contributed by atoms with van der Waals surface area (Å²) in [4.78, 5) is 4.64. The highest BCUT2D eigenvalue weighted by Gasteiger charge is 2.24. The van der Waals surface area contributed by atoms with Crippen LogP contribution < -0.4 is 0 Å². The second kappa shape index (κ2) is 2.56. The van der Waals surface area contributed by atoms with E-state index in [0.717, 1.165) is 11.4 Å². The van der Waals surface area contributed by atoms with Gasteiger partial charge in [0.2, 0.25) is 0 Å². The van der Waals surface area contributed by atoms with Crippen LogP contribution in [0.25, 0.3) is 10.9 Å². The van der Waals surface area contributed by atoms with Gasteiger partial charge in [0.25, 0.3) is 0 Å². The molecule has 1 nitrogen and oxygen atoms in total. The third-order valence-electron chi connectivity index (χ3n) is 2.62. The number of rotatable bonds is 1. The molecule has 0 spiro atoms. The van der Waals surface area contributed by atoms with Crippen LogP contribution in [-0.2, 0) is 0 Å². The van der Waals surface area contributed by atoms with E-state index in [9.17, 15) is 0 Å². The van der Waals surface area contributed by atoms with Gasteiger partial charge in [-0.3, -0.25) is 4.98 Å². The summed E-state index contributed by atoms with van der Waals surface area (Å²) in [5, 5.41) is 1.24. The Morgan fingerprint density at radius 1 is 1.00 bits per heavy atom. The molecule has 1 aliphatic carbocycles. The van der Waals surface area contributed by atoms with Crippen molar-refractivity contribution in [2.45, 2.75) is 18.8 Å². The zero-order valence-corrected chi connectivity index (χ0v) is 7.40.